The van der Waals surface area contributed by atoms with E-state index in [1.54, 1.807) is 0 Å². The third-order valence-electron chi connectivity index (χ3n) is 6.61. The summed E-state index contributed by atoms with van der Waals surface area (Å²) in [4.78, 5) is 0. The molecule has 0 radical (unpaired) electrons. The lowest BCUT2D eigenvalue weighted by Crippen LogP contribution is -2.62. The van der Waals surface area contributed by atoms with Crippen molar-refractivity contribution in [3.05, 3.63) is 66.2 Å². The molecule has 0 amide bonds. The fourth-order valence-corrected chi connectivity index (χ4v) is 6.50. The molecule has 1 aromatic heterocycles. The molecule has 3 aromatic carbocycles. The molecule has 0 aliphatic carbocycles. The Morgan fingerprint density at radius 1 is 1.04 bits per heavy atom. The maximum Gasteiger partial charge on any atom is 0.335 e. The number of nitrogens with one attached hydrogen (secondary N) is 1. The molecule has 6 rings (SSSR count). The van der Waals surface area contributed by atoms with Crippen LogP contribution in [0.2, 0.25) is 0 Å². The highest BCUT2D eigenvalue weighted by Gasteiger charge is 2.52. The van der Waals surface area contributed by atoms with Crippen molar-refractivity contribution in [2.45, 2.75) is 31.8 Å². The van der Waals surface area contributed by atoms with Gasteiger partial charge in [0.15, 0.2) is 0 Å². The largest absolute Gasteiger partial charge is 0.493 e. The van der Waals surface area contributed by atoms with Crippen molar-refractivity contribution in [2.75, 3.05) is 11.9 Å². The van der Waals surface area contributed by atoms with Gasteiger partial charge in [0, 0.05) is 5.56 Å². The minimum atomic E-state index is -0.00717. The van der Waals surface area contributed by atoms with E-state index in [4.69, 9.17) is 4.74 Å². The summed E-state index contributed by atoms with van der Waals surface area (Å²) in [5.41, 5.74) is 2.63. The van der Waals surface area contributed by atoms with Crippen molar-refractivity contribution >= 4 is 37.5 Å². The van der Waals surface area contributed by atoms with Crippen molar-refractivity contribution in [3.63, 3.8) is 0 Å². The summed E-state index contributed by atoms with van der Waals surface area (Å²) in [6.45, 7) is 5.55. The monoisotopic (exact) mass is 387 g/mol. The van der Waals surface area contributed by atoms with Crippen LogP contribution in [0.25, 0.3) is 21.0 Å². The second-order valence-corrected chi connectivity index (χ2v) is 9.46. The molecule has 2 aliphatic heterocycles. The number of hydrogen-bond acceptors (Lipinski definition) is 3. The average molecular weight is 388 g/mol. The molecule has 0 unspecified atom stereocenters. The van der Waals surface area contributed by atoms with E-state index in [0.717, 1.165) is 18.8 Å². The predicted molar refractivity (Wildman–Crippen MR) is 115 cm³/mol. The topological polar surface area (TPSA) is 25.1 Å². The summed E-state index contributed by atoms with van der Waals surface area (Å²) in [7, 11) is 0. The Kier molecular flexibility index (Phi) is 3.34. The van der Waals surface area contributed by atoms with Gasteiger partial charge in [0.25, 0.3) is 0 Å². The second kappa shape index (κ2) is 5.71. The van der Waals surface area contributed by atoms with Gasteiger partial charge in [-0.1, -0.05) is 42.5 Å². The van der Waals surface area contributed by atoms with Gasteiger partial charge in [-0.25, -0.2) is 4.57 Å². The number of ether oxygens (including phenoxy) is 1. The number of aromatic nitrogens is 1. The maximum atomic E-state index is 6.26. The first-order chi connectivity index (χ1) is 13.6. The Morgan fingerprint density at radius 3 is 2.79 bits per heavy atom. The normalized spacial score (nSPS) is 22.5. The summed E-state index contributed by atoms with van der Waals surface area (Å²) >= 11 is 1.86. The van der Waals surface area contributed by atoms with Crippen LogP contribution in [0.5, 0.6) is 5.75 Å². The minimum Gasteiger partial charge on any atom is -0.493 e. The van der Waals surface area contributed by atoms with Gasteiger partial charge in [-0.3, -0.25) is 5.32 Å². The minimum absolute atomic E-state index is 0.00717. The Balaban J connectivity index is 1.64. The van der Waals surface area contributed by atoms with Crippen molar-refractivity contribution in [2.24, 2.45) is 5.92 Å². The molecule has 3 heterocycles. The van der Waals surface area contributed by atoms with Crippen LogP contribution in [0.1, 0.15) is 31.9 Å². The lowest BCUT2D eigenvalue weighted by molar-refractivity contribution is -0.733. The summed E-state index contributed by atoms with van der Waals surface area (Å²) in [6, 6.07) is 22.0. The molecule has 2 atom stereocenters. The standard InChI is InChI=1S/C24H22N2OS/c1-24(2)17-13-14-27-19-12-11-15-7-3-4-8-16(15)21(19)22(17)25-23-26(24)18-9-5-6-10-20(18)28-23/h3-12,17,22H,13-14H2,1-2H3/p+1/t17-,22-/m0/s1. The highest BCUT2D eigenvalue weighted by atomic mass is 32.1. The van der Waals surface area contributed by atoms with E-state index in [1.165, 1.54) is 31.7 Å². The van der Waals surface area contributed by atoms with E-state index in [0.29, 0.717) is 5.92 Å². The average Bonchev–Trinajstić information content (AvgIpc) is 2.97. The Hall–Kier alpha value is -2.59. The number of hydrogen-bond donors (Lipinski definition) is 1. The Bertz CT molecular complexity index is 1230. The number of thiazole rings is 1. The fraction of sp³-hybridized carbons (Fsp3) is 0.292. The quantitative estimate of drug-likeness (QED) is 0.395. The molecule has 0 saturated carbocycles. The molecule has 0 saturated heterocycles. The van der Waals surface area contributed by atoms with Crippen LogP contribution >= 0.6 is 11.3 Å². The molecule has 0 bridgehead atoms. The third-order valence-corrected chi connectivity index (χ3v) is 7.67. The van der Waals surface area contributed by atoms with Gasteiger partial charge in [-0.05, 0) is 60.6 Å². The van der Waals surface area contributed by atoms with Crippen LogP contribution in [0.3, 0.4) is 0 Å². The van der Waals surface area contributed by atoms with Crippen LogP contribution in [-0.4, -0.2) is 6.61 Å². The van der Waals surface area contributed by atoms with Crippen molar-refractivity contribution < 1.29 is 9.30 Å². The lowest BCUT2D eigenvalue weighted by atomic mass is 9.75. The maximum absolute atomic E-state index is 6.26. The zero-order chi connectivity index (χ0) is 18.9. The number of rotatable bonds is 0. The predicted octanol–water partition coefficient (Wildman–Crippen LogP) is 5.64. The van der Waals surface area contributed by atoms with E-state index in [2.05, 4.69) is 84.4 Å². The van der Waals surface area contributed by atoms with Crippen LogP contribution < -0.4 is 14.6 Å². The van der Waals surface area contributed by atoms with Gasteiger partial charge in [0.2, 0.25) is 0 Å². The number of nitrogens with zero attached hydrogens (tertiary/aromatic N) is 1. The van der Waals surface area contributed by atoms with Crippen molar-refractivity contribution in [1.82, 2.24) is 0 Å². The summed E-state index contributed by atoms with van der Waals surface area (Å²) in [5.74, 6) is 1.47. The third kappa shape index (κ3) is 2.12. The summed E-state index contributed by atoms with van der Waals surface area (Å²) in [6.07, 6.45) is 1.03. The van der Waals surface area contributed by atoms with E-state index in [9.17, 15) is 0 Å². The number of anilines is 1. The second-order valence-electron chi connectivity index (χ2n) is 8.43. The first-order valence-corrected chi connectivity index (χ1v) is 10.8. The Labute approximate surface area is 168 Å². The molecule has 28 heavy (non-hydrogen) atoms. The van der Waals surface area contributed by atoms with Gasteiger partial charge >= 0.3 is 5.13 Å². The van der Waals surface area contributed by atoms with Gasteiger partial charge < -0.3 is 4.74 Å². The molecular weight excluding hydrogens is 364 g/mol. The smallest absolute Gasteiger partial charge is 0.335 e. The molecule has 1 N–H and O–H groups in total. The van der Waals surface area contributed by atoms with E-state index in [1.807, 2.05) is 11.3 Å². The van der Waals surface area contributed by atoms with Gasteiger partial charge in [-0.2, -0.15) is 0 Å². The molecular formula is C24H23N2OS+. The molecule has 4 aromatic rings. The summed E-state index contributed by atoms with van der Waals surface area (Å²) < 4.78 is 10.1. The highest BCUT2D eigenvalue weighted by molar-refractivity contribution is 7.21. The van der Waals surface area contributed by atoms with Crippen LogP contribution in [0.15, 0.2) is 60.7 Å². The zero-order valence-corrected chi connectivity index (χ0v) is 16.9. The molecule has 2 aliphatic rings. The fourth-order valence-electron chi connectivity index (χ4n) is 5.27. The van der Waals surface area contributed by atoms with Crippen LogP contribution in [0.4, 0.5) is 5.13 Å². The van der Waals surface area contributed by atoms with Crippen molar-refractivity contribution in [3.8, 4) is 5.75 Å². The highest BCUT2D eigenvalue weighted by Crippen LogP contribution is 2.49. The van der Waals surface area contributed by atoms with Crippen LogP contribution in [0, 0.1) is 5.92 Å². The first kappa shape index (κ1) is 16.4. The van der Waals surface area contributed by atoms with Crippen LogP contribution in [-0.2, 0) is 5.54 Å². The SMILES string of the molecule is CC1(C)[C@H]2CCOc3ccc4ccccc4c3[C@H]2Nc2sc3ccccc3[n+]21. The Morgan fingerprint density at radius 2 is 1.86 bits per heavy atom. The molecule has 0 spiro atoms. The molecule has 3 nitrogen and oxygen atoms in total. The first-order valence-electron chi connectivity index (χ1n) is 9.99. The van der Waals surface area contributed by atoms with Gasteiger partial charge in [0.05, 0.1) is 17.2 Å². The zero-order valence-electron chi connectivity index (χ0n) is 16.1. The molecule has 4 heteroatoms. The van der Waals surface area contributed by atoms with Crippen molar-refractivity contribution in [1.29, 1.82) is 0 Å². The number of fused-ring (bicyclic) bond motifs is 8. The van der Waals surface area contributed by atoms with Gasteiger partial charge in [-0.15, -0.1) is 0 Å². The lowest BCUT2D eigenvalue weighted by Gasteiger charge is -2.39. The molecule has 0 fully saturated rings. The van der Waals surface area contributed by atoms with E-state index >= 15 is 0 Å². The van der Waals surface area contributed by atoms with E-state index in [-0.39, 0.29) is 11.6 Å². The van der Waals surface area contributed by atoms with E-state index < -0.39 is 0 Å². The molecule has 140 valence electrons. The number of benzene rings is 3. The summed E-state index contributed by atoms with van der Waals surface area (Å²) in [5, 5.41) is 7.76. The van der Waals surface area contributed by atoms with Gasteiger partial charge in [0.1, 0.15) is 22.8 Å². The number of para-hydroxylation sites is 1.